The van der Waals surface area contributed by atoms with Gasteiger partial charge in [0.15, 0.2) is 0 Å². The van der Waals surface area contributed by atoms with Gasteiger partial charge in [0.25, 0.3) is 0 Å². The molecule has 1 amide bonds. The Morgan fingerprint density at radius 3 is 2.65 bits per heavy atom. The Balaban J connectivity index is 2.05. The first-order chi connectivity index (χ1) is 11.2. The molecule has 3 nitrogen and oxygen atoms in total. The molecular formula is C20H24N2O. The summed E-state index contributed by atoms with van der Waals surface area (Å²) in [5.41, 5.74) is 5.03. The van der Waals surface area contributed by atoms with Gasteiger partial charge in [-0.05, 0) is 30.9 Å². The van der Waals surface area contributed by atoms with Crippen LogP contribution in [0.4, 0.5) is 0 Å². The largest absolute Gasteiger partial charge is 0.383 e. The van der Waals surface area contributed by atoms with Gasteiger partial charge in [0.05, 0.1) is 6.04 Å². The molecule has 1 aromatic carbocycles. The summed E-state index contributed by atoms with van der Waals surface area (Å²) in [5.74, 6) is 0.134. The fourth-order valence-corrected chi connectivity index (χ4v) is 3.34. The van der Waals surface area contributed by atoms with E-state index in [0.717, 1.165) is 25.9 Å². The fraction of sp³-hybridized carbons (Fsp3) is 0.350. The number of benzene rings is 1. The lowest BCUT2D eigenvalue weighted by molar-refractivity contribution is -0.131. The Labute approximate surface area is 138 Å². The predicted molar refractivity (Wildman–Crippen MR) is 93.8 cm³/mol. The van der Waals surface area contributed by atoms with Crippen molar-refractivity contribution in [2.75, 3.05) is 13.1 Å². The molecule has 120 valence electrons. The lowest BCUT2D eigenvalue weighted by Crippen LogP contribution is -2.42. The molecule has 0 spiro atoms. The first-order valence-corrected chi connectivity index (χ1v) is 8.28. The van der Waals surface area contributed by atoms with Crippen molar-refractivity contribution in [1.29, 1.82) is 0 Å². The van der Waals surface area contributed by atoms with Crippen molar-refractivity contribution in [2.45, 2.75) is 32.7 Å². The van der Waals surface area contributed by atoms with E-state index in [1.807, 2.05) is 4.90 Å². The van der Waals surface area contributed by atoms with E-state index in [1.54, 1.807) is 6.92 Å². The summed E-state index contributed by atoms with van der Waals surface area (Å²) >= 11 is 0. The second-order valence-electron chi connectivity index (χ2n) is 6.23. The second-order valence-corrected chi connectivity index (χ2v) is 6.23. The molecule has 2 heterocycles. The summed E-state index contributed by atoms with van der Waals surface area (Å²) in [5, 5.41) is 3.57. The van der Waals surface area contributed by atoms with Gasteiger partial charge in [0.2, 0.25) is 5.91 Å². The van der Waals surface area contributed by atoms with Gasteiger partial charge in [-0.15, -0.1) is 0 Å². The van der Waals surface area contributed by atoms with E-state index < -0.39 is 0 Å². The zero-order valence-electron chi connectivity index (χ0n) is 13.9. The van der Waals surface area contributed by atoms with E-state index in [-0.39, 0.29) is 11.9 Å². The number of allylic oxidation sites excluding steroid dienone is 3. The average molecular weight is 308 g/mol. The van der Waals surface area contributed by atoms with E-state index in [2.05, 4.69) is 60.8 Å². The summed E-state index contributed by atoms with van der Waals surface area (Å²) in [6.45, 7) is 5.33. The second kappa shape index (κ2) is 6.86. The highest BCUT2D eigenvalue weighted by molar-refractivity contribution is 5.75. The topological polar surface area (TPSA) is 32.3 Å². The molecule has 0 bridgehead atoms. The van der Waals surface area contributed by atoms with Crippen LogP contribution in [0.2, 0.25) is 0 Å². The molecule has 23 heavy (non-hydrogen) atoms. The molecule has 0 radical (unpaired) electrons. The summed E-state index contributed by atoms with van der Waals surface area (Å²) in [4.78, 5) is 14.2. The Morgan fingerprint density at radius 1 is 1.17 bits per heavy atom. The minimum atomic E-state index is -0.00301. The third-order valence-electron chi connectivity index (χ3n) is 4.58. The van der Waals surface area contributed by atoms with Crippen molar-refractivity contribution in [3.63, 3.8) is 0 Å². The minimum absolute atomic E-state index is 0.00301. The molecule has 0 saturated heterocycles. The Hall–Kier alpha value is -2.29. The van der Waals surface area contributed by atoms with Gasteiger partial charge in [-0.3, -0.25) is 4.79 Å². The normalized spacial score (nSPS) is 23.9. The summed E-state index contributed by atoms with van der Waals surface area (Å²) in [6, 6.07) is 8.53. The Kier molecular flexibility index (Phi) is 4.65. The van der Waals surface area contributed by atoms with Crippen molar-refractivity contribution < 1.29 is 4.79 Å². The molecule has 0 saturated carbocycles. The predicted octanol–water partition coefficient (Wildman–Crippen LogP) is 3.65. The van der Waals surface area contributed by atoms with Crippen molar-refractivity contribution in [1.82, 2.24) is 10.2 Å². The number of hydrogen-bond donors (Lipinski definition) is 1. The maximum atomic E-state index is 12.2. The summed E-state index contributed by atoms with van der Waals surface area (Å²) in [7, 11) is 0. The van der Waals surface area contributed by atoms with Gasteiger partial charge >= 0.3 is 0 Å². The smallest absolute Gasteiger partial charge is 0.220 e. The number of nitrogens with zero attached hydrogens (tertiary/aromatic N) is 1. The molecule has 1 aromatic rings. The van der Waals surface area contributed by atoms with Gasteiger partial charge in [-0.2, -0.15) is 0 Å². The van der Waals surface area contributed by atoms with Gasteiger partial charge < -0.3 is 10.2 Å². The molecule has 3 rings (SSSR count). The first kappa shape index (κ1) is 15.6. The van der Waals surface area contributed by atoms with Crippen LogP contribution in [0, 0.1) is 6.92 Å². The highest BCUT2D eigenvalue weighted by atomic mass is 16.2. The fourth-order valence-electron chi connectivity index (χ4n) is 3.34. The number of nitrogens with one attached hydrogen (secondary N) is 1. The van der Waals surface area contributed by atoms with Gasteiger partial charge in [-0.1, -0.05) is 54.1 Å². The standard InChI is InChI=1S/C20H24N2O/c1-15-8-10-18(11-9-15)20-19-17(12-14-22(20)16(2)23)7-5-3-4-6-13-21-19/h3-6,8-11,20-21H,7,12-14H2,1-2H3/b5-3-,6-4-. The zero-order valence-corrected chi connectivity index (χ0v) is 13.9. The van der Waals surface area contributed by atoms with E-state index >= 15 is 0 Å². The van der Waals surface area contributed by atoms with Crippen LogP contribution >= 0.6 is 0 Å². The highest BCUT2D eigenvalue weighted by Gasteiger charge is 2.32. The number of amides is 1. The van der Waals surface area contributed by atoms with E-state index in [1.165, 1.54) is 22.4 Å². The number of carbonyl (C=O) groups is 1. The van der Waals surface area contributed by atoms with E-state index in [9.17, 15) is 4.79 Å². The molecule has 3 heteroatoms. The van der Waals surface area contributed by atoms with Crippen LogP contribution in [0.3, 0.4) is 0 Å². The molecule has 1 unspecified atom stereocenters. The van der Waals surface area contributed by atoms with Crippen LogP contribution in [0.25, 0.3) is 0 Å². The van der Waals surface area contributed by atoms with Crippen molar-refractivity contribution in [2.24, 2.45) is 0 Å². The van der Waals surface area contributed by atoms with Crippen molar-refractivity contribution in [3.05, 3.63) is 71.0 Å². The SMILES string of the molecule is CC(=O)N1CCC2=C(NC/C=C\C=C/C2)C1c1ccc(C)cc1. The molecule has 2 aliphatic rings. The maximum absolute atomic E-state index is 12.2. The van der Waals surface area contributed by atoms with Crippen LogP contribution in [-0.2, 0) is 4.79 Å². The molecule has 2 aliphatic heterocycles. The Bertz CT molecular complexity index is 667. The highest BCUT2D eigenvalue weighted by Crippen LogP contribution is 2.36. The average Bonchev–Trinajstić information content (AvgIpc) is 2.66. The van der Waals surface area contributed by atoms with Crippen LogP contribution in [0.1, 0.15) is 36.9 Å². The van der Waals surface area contributed by atoms with Gasteiger partial charge in [-0.25, -0.2) is 0 Å². The van der Waals surface area contributed by atoms with Crippen LogP contribution in [-0.4, -0.2) is 23.9 Å². The number of rotatable bonds is 1. The molecule has 0 aliphatic carbocycles. The van der Waals surface area contributed by atoms with Crippen LogP contribution in [0.15, 0.2) is 59.8 Å². The number of hydrogen-bond acceptors (Lipinski definition) is 2. The van der Waals surface area contributed by atoms with Crippen molar-refractivity contribution in [3.8, 4) is 0 Å². The maximum Gasteiger partial charge on any atom is 0.220 e. The van der Waals surface area contributed by atoms with Crippen LogP contribution in [0.5, 0.6) is 0 Å². The molecular weight excluding hydrogens is 284 g/mol. The Morgan fingerprint density at radius 2 is 1.91 bits per heavy atom. The molecule has 0 fully saturated rings. The molecule has 1 N–H and O–H groups in total. The summed E-state index contributed by atoms with van der Waals surface area (Å²) in [6.07, 6.45) is 10.4. The third-order valence-corrected chi connectivity index (χ3v) is 4.58. The minimum Gasteiger partial charge on any atom is -0.383 e. The first-order valence-electron chi connectivity index (χ1n) is 8.28. The summed E-state index contributed by atoms with van der Waals surface area (Å²) < 4.78 is 0. The van der Waals surface area contributed by atoms with E-state index in [4.69, 9.17) is 0 Å². The van der Waals surface area contributed by atoms with Gasteiger partial charge in [0, 0.05) is 25.7 Å². The number of carbonyl (C=O) groups excluding carboxylic acids is 1. The molecule has 1 atom stereocenters. The van der Waals surface area contributed by atoms with Crippen molar-refractivity contribution >= 4 is 5.91 Å². The van der Waals surface area contributed by atoms with E-state index in [0.29, 0.717) is 0 Å². The number of aryl methyl sites for hydroxylation is 1. The quantitative estimate of drug-likeness (QED) is 0.859. The van der Waals surface area contributed by atoms with Crippen LogP contribution < -0.4 is 5.32 Å². The third kappa shape index (κ3) is 3.39. The lowest BCUT2D eigenvalue weighted by atomic mass is 9.90. The van der Waals surface area contributed by atoms with Gasteiger partial charge in [0.1, 0.15) is 0 Å². The molecule has 0 aromatic heterocycles. The zero-order chi connectivity index (χ0) is 16.2. The lowest BCUT2D eigenvalue weighted by Gasteiger charge is -2.39. The monoisotopic (exact) mass is 308 g/mol.